The molecule has 0 radical (unpaired) electrons. The Bertz CT molecular complexity index is 1340. The lowest BCUT2D eigenvalue weighted by atomic mass is 9.98. The molecule has 0 saturated carbocycles. The number of benzene rings is 2. The van der Waals surface area contributed by atoms with Crippen LogP contribution in [0.25, 0.3) is 6.08 Å². The Hall–Kier alpha value is -3.55. The molecular formula is C29H36O16. The first-order valence-corrected chi connectivity index (χ1v) is 13.8. The van der Waals surface area contributed by atoms with Crippen molar-refractivity contribution in [3.63, 3.8) is 0 Å². The molecule has 0 spiro atoms. The molecule has 16 heteroatoms. The highest BCUT2D eigenvalue weighted by molar-refractivity contribution is 5.87. The minimum atomic E-state index is -1.84. The topological polar surface area (TPSA) is 266 Å². The van der Waals surface area contributed by atoms with E-state index in [-0.39, 0.29) is 11.3 Å². The number of aromatic hydroxyl groups is 4. The van der Waals surface area contributed by atoms with Gasteiger partial charge in [0.05, 0.1) is 19.3 Å². The Kier molecular flexibility index (Phi) is 11.2. The molecule has 2 aromatic rings. The largest absolute Gasteiger partial charge is 0.504 e. The lowest BCUT2D eigenvalue weighted by Crippen LogP contribution is -2.62. The summed E-state index contributed by atoms with van der Waals surface area (Å²) in [6, 6.07) is 7.33. The van der Waals surface area contributed by atoms with Crippen LogP contribution < -0.4 is 0 Å². The van der Waals surface area contributed by atoms with Crippen LogP contribution in [0.4, 0.5) is 0 Å². The Balaban J connectivity index is 1.48. The van der Waals surface area contributed by atoms with Crippen LogP contribution in [0.5, 0.6) is 23.0 Å². The van der Waals surface area contributed by atoms with E-state index in [0.717, 1.165) is 18.2 Å². The molecule has 0 aromatic heterocycles. The molecule has 10 N–H and O–H groups in total. The van der Waals surface area contributed by atoms with Gasteiger partial charge in [-0.3, -0.25) is 0 Å². The summed E-state index contributed by atoms with van der Waals surface area (Å²) in [7, 11) is 0. The summed E-state index contributed by atoms with van der Waals surface area (Å²) in [6.07, 6.45) is -14.6. The number of aliphatic hydroxyl groups excluding tert-OH is 6. The fourth-order valence-corrected chi connectivity index (χ4v) is 4.68. The van der Waals surface area contributed by atoms with Gasteiger partial charge in [0.2, 0.25) is 0 Å². The third-order valence-corrected chi connectivity index (χ3v) is 7.34. The minimum absolute atomic E-state index is 0.148. The molecule has 2 aromatic carbocycles. The zero-order valence-electron chi connectivity index (χ0n) is 23.8. The predicted molar refractivity (Wildman–Crippen MR) is 148 cm³/mol. The fraction of sp³-hybridized carbons (Fsp3) is 0.483. The summed E-state index contributed by atoms with van der Waals surface area (Å²) in [6.45, 7) is 0.342. The lowest BCUT2D eigenvalue weighted by molar-refractivity contribution is -0.330. The van der Waals surface area contributed by atoms with Crippen LogP contribution in [-0.4, -0.2) is 132 Å². The van der Waals surface area contributed by atoms with Crippen LogP contribution in [0.15, 0.2) is 42.5 Å². The van der Waals surface area contributed by atoms with Crippen LogP contribution in [-0.2, 0) is 28.5 Å². The molecule has 0 bridgehead atoms. The molecule has 0 amide bonds. The van der Waals surface area contributed by atoms with Gasteiger partial charge >= 0.3 is 5.97 Å². The highest BCUT2D eigenvalue weighted by Crippen LogP contribution is 2.31. The van der Waals surface area contributed by atoms with Gasteiger partial charge in [0.1, 0.15) is 42.7 Å². The maximum absolute atomic E-state index is 12.7. The van der Waals surface area contributed by atoms with Crippen molar-refractivity contribution in [2.45, 2.75) is 74.4 Å². The molecule has 2 heterocycles. The SMILES string of the molecule is C[C@@H]1O[C@H](OC[C@H]2O[C@@H](OC[C@@H](O)c3ccc(O)c(O)c3)[C@H](O)[C@@H](O)[C@@H]2OC(=O)/C=C/c2ccc(O)c(O)c2)[C@H](O)[C@H](O)[C@H]1O. The lowest BCUT2D eigenvalue weighted by Gasteiger charge is -2.43. The number of aliphatic hydroxyl groups is 6. The molecule has 2 aliphatic heterocycles. The molecule has 248 valence electrons. The van der Waals surface area contributed by atoms with E-state index in [1.165, 1.54) is 37.3 Å². The van der Waals surface area contributed by atoms with Crippen molar-refractivity contribution in [2.24, 2.45) is 0 Å². The summed E-state index contributed by atoms with van der Waals surface area (Å²) in [5, 5.41) is 101. The smallest absolute Gasteiger partial charge is 0.331 e. The summed E-state index contributed by atoms with van der Waals surface area (Å²) in [5.74, 6) is -2.73. The number of esters is 1. The number of hydrogen-bond acceptors (Lipinski definition) is 16. The van der Waals surface area contributed by atoms with Crippen LogP contribution in [0, 0.1) is 0 Å². The third kappa shape index (κ3) is 8.19. The second kappa shape index (κ2) is 14.7. The monoisotopic (exact) mass is 640 g/mol. The van der Waals surface area contributed by atoms with Gasteiger partial charge in [0, 0.05) is 6.08 Å². The van der Waals surface area contributed by atoms with Gasteiger partial charge in [-0.1, -0.05) is 12.1 Å². The molecule has 2 fully saturated rings. The number of carbonyl (C=O) groups is 1. The molecule has 2 saturated heterocycles. The van der Waals surface area contributed by atoms with Crippen LogP contribution >= 0.6 is 0 Å². The van der Waals surface area contributed by atoms with Gasteiger partial charge in [-0.25, -0.2) is 4.79 Å². The van der Waals surface area contributed by atoms with Gasteiger partial charge in [-0.15, -0.1) is 0 Å². The van der Waals surface area contributed by atoms with E-state index in [1.54, 1.807) is 0 Å². The standard InChI is InChI=1S/C29H36O16/c1-12-22(36)23(37)25(39)28(43-12)42-11-20-27(45-21(35)7-3-13-2-5-15(30)17(32)8-13)24(38)26(40)29(44-20)41-10-19(34)14-4-6-16(31)18(33)9-14/h2-9,12,19-20,22-34,36-40H,10-11H2,1H3/b7-3+/t12-,19+,20+,22-,23+,24+,25+,26+,27+,28-,29+/m0/s1. The van der Waals surface area contributed by atoms with E-state index in [2.05, 4.69) is 0 Å². The zero-order valence-corrected chi connectivity index (χ0v) is 23.8. The van der Waals surface area contributed by atoms with Crippen molar-refractivity contribution in [1.82, 2.24) is 0 Å². The van der Waals surface area contributed by atoms with E-state index < -0.39 is 104 Å². The van der Waals surface area contributed by atoms with Gasteiger partial charge < -0.3 is 74.7 Å². The molecule has 45 heavy (non-hydrogen) atoms. The molecule has 4 rings (SSSR count). The van der Waals surface area contributed by atoms with E-state index >= 15 is 0 Å². The van der Waals surface area contributed by atoms with E-state index in [1.807, 2.05) is 0 Å². The molecule has 0 unspecified atom stereocenters. The Morgan fingerprint density at radius 1 is 0.800 bits per heavy atom. The zero-order chi connectivity index (χ0) is 33.0. The molecule has 16 nitrogen and oxygen atoms in total. The Morgan fingerprint density at radius 3 is 2.09 bits per heavy atom. The molecule has 11 atom stereocenters. The number of phenols is 4. The molecular weight excluding hydrogens is 604 g/mol. The number of ether oxygens (including phenoxy) is 5. The predicted octanol–water partition coefficient (Wildman–Crippen LogP) is -1.53. The Morgan fingerprint density at radius 2 is 1.42 bits per heavy atom. The number of phenolic OH excluding ortho intramolecular Hbond substituents is 4. The highest BCUT2D eigenvalue weighted by atomic mass is 16.7. The first kappa shape index (κ1) is 34.3. The summed E-state index contributed by atoms with van der Waals surface area (Å²) in [4.78, 5) is 12.7. The van der Waals surface area contributed by atoms with Crippen molar-refractivity contribution < 1.29 is 79.5 Å². The fourth-order valence-electron chi connectivity index (χ4n) is 4.68. The minimum Gasteiger partial charge on any atom is -0.504 e. The van der Waals surface area contributed by atoms with Gasteiger partial charge in [-0.05, 0) is 48.4 Å². The average Bonchev–Trinajstić information content (AvgIpc) is 3.01. The number of carbonyl (C=O) groups excluding carboxylic acids is 1. The van der Waals surface area contributed by atoms with Crippen molar-refractivity contribution in [3.05, 3.63) is 53.6 Å². The first-order chi connectivity index (χ1) is 21.3. The van der Waals surface area contributed by atoms with Gasteiger partial charge in [-0.2, -0.15) is 0 Å². The second-order valence-corrected chi connectivity index (χ2v) is 10.6. The van der Waals surface area contributed by atoms with E-state index in [9.17, 15) is 55.9 Å². The molecule has 2 aliphatic rings. The van der Waals surface area contributed by atoms with Crippen molar-refractivity contribution in [2.75, 3.05) is 13.2 Å². The van der Waals surface area contributed by atoms with Crippen LogP contribution in [0.2, 0.25) is 0 Å². The van der Waals surface area contributed by atoms with E-state index in [4.69, 9.17) is 23.7 Å². The van der Waals surface area contributed by atoms with Crippen molar-refractivity contribution in [3.8, 4) is 23.0 Å². The van der Waals surface area contributed by atoms with Crippen LogP contribution in [0.1, 0.15) is 24.2 Å². The van der Waals surface area contributed by atoms with Crippen molar-refractivity contribution in [1.29, 1.82) is 0 Å². The highest BCUT2D eigenvalue weighted by Gasteiger charge is 2.49. The number of hydrogen-bond donors (Lipinski definition) is 10. The maximum atomic E-state index is 12.7. The van der Waals surface area contributed by atoms with Gasteiger partial charge in [0.15, 0.2) is 41.7 Å². The summed E-state index contributed by atoms with van der Waals surface area (Å²) >= 11 is 0. The summed E-state index contributed by atoms with van der Waals surface area (Å²) in [5.41, 5.74) is 0.463. The first-order valence-electron chi connectivity index (χ1n) is 13.8. The quantitative estimate of drug-likeness (QED) is 0.0802. The van der Waals surface area contributed by atoms with Crippen molar-refractivity contribution >= 4 is 12.0 Å². The van der Waals surface area contributed by atoms with Gasteiger partial charge in [0.25, 0.3) is 0 Å². The summed E-state index contributed by atoms with van der Waals surface area (Å²) < 4.78 is 27.5. The Labute approximate surface area is 256 Å². The van der Waals surface area contributed by atoms with Crippen LogP contribution in [0.3, 0.4) is 0 Å². The van der Waals surface area contributed by atoms with E-state index in [0.29, 0.717) is 5.56 Å². The maximum Gasteiger partial charge on any atom is 0.331 e. The molecule has 0 aliphatic carbocycles. The second-order valence-electron chi connectivity index (χ2n) is 10.6. The average molecular weight is 641 g/mol. The third-order valence-electron chi connectivity index (χ3n) is 7.34. The normalized spacial score (nSPS) is 32.8. The number of rotatable bonds is 10.